The highest BCUT2D eigenvalue weighted by Gasteiger charge is 2.21. The Hall–Kier alpha value is -4.99. The predicted octanol–water partition coefficient (Wildman–Crippen LogP) is 5.05. The third kappa shape index (κ3) is 8.01. The van der Waals surface area contributed by atoms with E-state index in [0.717, 1.165) is 18.4 Å². The van der Waals surface area contributed by atoms with Gasteiger partial charge >= 0.3 is 6.09 Å². The molecule has 0 unspecified atom stereocenters. The van der Waals surface area contributed by atoms with Crippen LogP contribution in [0.5, 0.6) is 5.75 Å². The normalized spacial score (nSPS) is 12.2. The molecule has 3 amide bonds. The summed E-state index contributed by atoms with van der Waals surface area (Å²) in [6.07, 6.45) is 6.29. The van der Waals surface area contributed by atoms with Crippen molar-refractivity contribution in [3.63, 3.8) is 0 Å². The van der Waals surface area contributed by atoms with Crippen molar-refractivity contribution in [1.82, 2.24) is 15.2 Å². The van der Waals surface area contributed by atoms with Gasteiger partial charge in [0, 0.05) is 49.0 Å². The SMILES string of the molecule is CCCN(CCC)C(=O)C1=Cc2ccc(C(=O)Nc3cncc(CNC(=O)Oc4ccccc4)c3)cc2N=C(N)C1. The first-order valence-corrected chi connectivity index (χ1v) is 13.6. The van der Waals surface area contributed by atoms with Crippen LogP contribution in [0.4, 0.5) is 16.2 Å². The van der Waals surface area contributed by atoms with Gasteiger partial charge in [0.2, 0.25) is 5.91 Å². The van der Waals surface area contributed by atoms with E-state index in [9.17, 15) is 14.4 Å². The number of fused-ring (bicyclic) bond motifs is 1. The summed E-state index contributed by atoms with van der Waals surface area (Å²) in [4.78, 5) is 48.8. The lowest BCUT2D eigenvalue weighted by Crippen LogP contribution is -2.34. The number of hydrogen-bond donors (Lipinski definition) is 3. The number of hydrogen-bond acceptors (Lipinski definition) is 7. The number of nitrogens with zero attached hydrogens (tertiary/aromatic N) is 3. The lowest BCUT2D eigenvalue weighted by Gasteiger charge is -2.22. The van der Waals surface area contributed by atoms with Gasteiger partial charge in [-0.3, -0.25) is 14.6 Å². The number of anilines is 1. The average molecular weight is 555 g/mol. The van der Waals surface area contributed by atoms with Gasteiger partial charge in [0.05, 0.1) is 17.6 Å². The number of para-hydroxylation sites is 1. The molecule has 0 spiro atoms. The van der Waals surface area contributed by atoms with Crippen molar-refractivity contribution >= 4 is 41.2 Å². The molecule has 1 aromatic heterocycles. The third-order valence-electron chi connectivity index (χ3n) is 6.25. The summed E-state index contributed by atoms with van der Waals surface area (Å²) in [5, 5.41) is 5.49. The van der Waals surface area contributed by atoms with E-state index in [1.54, 1.807) is 54.7 Å². The number of ether oxygens (including phenoxy) is 1. The number of carbonyl (C=O) groups is 3. The minimum absolute atomic E-state index is 0.0447. The van der Waals surface area contributed by atoms with Gasteiger partial charge in [0.15, 0.2) is 0 Å². The zero-order valence-corrected chi connectivity index (χ0v) is 23.2. The van der Waals surface area contributed by atoms with Gasteiger partial charge < -0.3 is 26.0 Å². The lowest BCUT2D eigenvalue weighted by atomic mass is 10.0. The first-order chi connectivity index (χ1) is 19.9. The molecule has 212 valence electrons. The molecule has 4 N–H and O–H groups in total. The van der Waals surface area contributed by atoms with Crippen LogP contribution < -0.4 is 21.1 Å². The van der Waals surface area contributed by atoms with Crippen LogP contribution in [0.3, 0.4) is 0 Å². The van der Waals surface area contributed by atoms with Crippen LogP contribution in [-0.2, 0) is 11.3 Å². The molecule has 0 fully saturated rings. The van der Waals surface area contributed by atoms with Crippen LogP contribution in [0.25, 0.3) is 6.08 Å². The molecule has 0 saturated carbocycles. The smallest absolute Gasteiger partial charge is 0.410 e. The summed E-state index contributed by atoms with van der Waals surface area (Å²) < 4.78 is 5.22. The van der Waals surface area contributed by atoms with Crippen LogP contribution in [-0.4, -0.2) is 46.7 Å². The molecular weight excluding hydrogens is 520 g/mol. The van der Waals surface area contributed by atoms with Gasteiger partial charge in [-0.2, -0.15) is 0 Å². The number of amides is 3. The quantitative estimate of drug-likeness (QED) is 0.321. The Labute approximate surface area is 239 Å². The highest BCUT2D eigenvalue weighted by Crippen LogP contribution is 2.29. The fraction of sp³-hybridized carbons (Fsp3) is 0.258. The lowest BCUT2D eigenvalue weighted by molar-refractivity contribution is -0.127. The van der Waals surface area contributed by atoms with E-state index >= 15 is 0 Å². The Morgan fingerprint density at radius 1 is 1.00 bits per heavy atom. The molecule has 10 heteroatoms. The molecule has 41 heavy (non-hydrogen) atoms. The summed E-state index contributed by atoms with van der Waals surface area (Å²) in [5.74, 6) is 0.337. The minimum atomic E-state index is -0.599. The summed E-state index contributed by atoms with van der Waals surface area (Å²) in [6, 6.07) is 15.5. The Morgan fingerprint density at radius 3 is 2.49 bits per heavy atom. The van der Waals surface area contributed by atoms with E-state index in [4.69, 9.17) is 10.5 Å². The van der Waals surface area contributed by atoms with E-state index in [-0.39, 0.29) is 24.8 Å². The maximum absolute atomic E-state index is 13.2. The molecule has 4 rings (SSSR count). The Morgan fingerprint density at radius 2 is 1.76 bits per heavy atom. The number of nitrogens with two attached hydrogens (primary N) is 1. The molecular formula is C31H34N6O4. The second-order valence-corrected chi connectivity index (χ2v) is 9.61. The van der Waals surface area contributed by atoms with Gasteiger partial charge in [-0.05, 0) is 54.8 Å². The fourth-order valence-corrected chi connectivity index (χ4v) is 4.39. The average Bonchev–Trinajstić information content (AvgIpc) is 3.13. The maximum atomic E-state index is 13.2. The molecule has 0 radical (unpaired) electrons. The van der Waals surface area contributed by atoms with Crippen molar-refractivity contribution in [3.8, 4) is 5.75 Å². The Kier molecular flexibility index (Phi) is 9.82. The van der Waals surface area contributed by atoms with E-state index < -0.39 is 6.09 Å². The van der Waals surface area contributed by atoms with Gasteiger partial charge in [-0.1, -0.05) is 38.1 Å². The summed E-state index contributed by atoms with van der Waals surface area (Å²) in [5.41, 5.74) is 9.50. The molecule has 0 aliphatic carbocycles. The first-order valence-electron chi connectivity index (χ1n) is 13.6. The number of pyridine rings is 1. The van der Waals surface area contributed by atoms with Gasteiger partial charge in [-0.15, -0.1) is 0 Å². The molecule has 1 aliphatic rings. The highest BCUT2D eigenvalue weighted by atomic mass is 16.6. The van der Waals surface area contributed by atoms with Crippen molar-refractivity contribution < 1.29 is 19.1 Å². The first kappa shape index (κ1) is 29.0. The molecule has 3 aromatic rings. The Balaban J connectivity index is 1.43. The molecule has 10 nitrogen and oxygen atoms in total. The largest absolute Gasteiger partial charge is 0.412 e. The van der Waals surface area contributed by atoms with E-state index in [1.807, 2.05) is 30.9 Å². The third-order valence-corrected chi connectivity index (χ3v) is 6.25. The number of benzene rings is 2. The number of carbonyl (C=O) groups excluding carboxylic acids is 3. The van der Waals surface area contributed by atoms with Crippen molar-refractivity contribution in [2.45, 2.75) is 39.7 Å². The zero-order chi connectivity index (χ0) is 29.2. The van der Waals surface area contributed by atoms with E-state index in [0.29, 0.717) is 52.7 Å². The number of aliphatic imine (C=N–C) groups is 1. The molecule has 1 aliphatic heterocycles. The summed E-state index contributed by atoms with van der Waals surface area (Å²) in [7, 11) is 0. The predicted molar refractivity (Wildman–Crippen MR) is 159 cm³/mol. The van der Waals surface area contributed by atoms with Crippen LogP contribution >= 0.6 is 0 Å². The van der Waals surface area contributed by atoms with Crippen LogP contribution in [0.1, 0.15) is 54.6 Å². The molecule has 0 saturated heterocycles. The van der Waals surface area contributed by atoms with Crippen molar-refractivity contribution in [2.24, 2.45) is 10.7 Å². The van der Waals surface area contributed by atoms with Crippen molar-refractivity contribution in [3.05, 3.63) is 89.3 Å². The topological polar surface area (TPSA) is 139 Å². The second-order valence-electron chi connectivity index (χ2n) is 9.61. The van der Waals surface area contributed by atoms with Crippen LogP contribution in [0.2, 0.25) is 0 Å². The van der Waals surface area contributed by atoms with Crippen molar-refractivity contribution in [2.75, 3.05) is 18.4 Å². The van der Waals surface area contributed by atoms with Crippen molar-refractivity contribution in [1.29, 1.82) is 0 Å². The maximum Gasteiger partial charge on any atom is 0.412 e. The van der Waals surface area contributed by atoms with Crippen LogP contribution in [0.15, 0.2) is 77.6 Å². The molecule has 2 aromatic carbocycles. The molecule has 2 heterocycles. The number of amidine groups is 1. The zero-order valence-electron chi connectivity index (χ0n) is 23.2. The van der Waals surface area contributed by atoms with Crippen LogP contribution in [0, 0.1) is 0 Å². The standard InChI is InChI=1S/C31H34N6O4/c1-3-12-37(13-4-2)30(39)24-15-22-10-11-23(16-27(22)36-28(32)17-24)29(38)35-25-14-21(18-33-20-25)19-34-31(40)41-26-8-6-5-7-9-26/h5-11,14-16,18,20H,3-4,12-13,17,19H2,1-2H3,(H2,32,36)(H,34,40)(H,35,38). The molecule has 0 atom stereocenters. The molecule has 0 bridgehead atoms. The number of rotatable bonds is 10. The fourth-order valence-electron chi connectivity index (χ4n) is 4.39. The van der Waals surface area contributed by atoms with E-state index in [1.165, 1.54) is 6.20 Å². The van der Waals surface area contributed by atoms with E-state index in [2.05, 4.69) is 20.6 Å². The van der Waals surface area contributed by atoms with Gasteiger partial charge in [0.1, 0.15) is 11.6 Å². The monoisotopic (exact) mass is 554 g/mol. The number of nitrogens with one attached hydrogen (secondary N) is 2. The number of aromatic nitrogens is 1. The highest BCUT2D eigenvalue weighted by molar-refractivity contribution is 6.07. The Bertz CT molecular complexity index is 1460. The second kappa shape index (κ2) is 13.9. The summed E-state index contributed by atoms with van der Waals surface area (Å²) >= 11 is 0. The minimum Gasteiger partial charge on any atom is -0.410 e. The van der Waals surface area contributed by atoms with Gasteiger partial charge in [-0.25, -0.2) is 9.79 Å². The summed E-state index contributed by atoms with van der Waals surface area (Å²) in [6.45, 7) is 5.60. The van der Waals surface area contributed by atoms with Gasteiger partial charge in [0.25, 0.3) is 5.91 Å².